The molecule has 15 heavy (non-hydrogen) atoms. The molecule has 0 fully saturated rings. The third-order valence-electron chi connectivity index (χ3n) is 2.14. The molecular formula is C10H10ClN3O. The highest BCUT2D eigenvalue weighted by Gasteiger charge is 2.05. The number of hydrogen-bond acceptors (Lipinski definition) is 2. The van der Waals surface area contributed by atoms with Crippen LogP contribution in [0.25, 0.3) is 5.69 Å². The van der Waals surface area contributed by atoms with Gasteiger partial charge in [0.25, 0.3) is 5.56 Å². The number of nitrogens with one attached hydrogen (secondary N) is 1. The van der Waals surface area contributed by atoms with Crippen LogP contribution in [-0.2, 0) is 6.54 Å². The van der Waals surface area contributed by atoms with Gasteiger partial charge in [-0.3, -0.25) is 9.89 Å². The van der Waals surface area contributed by atoms with Crippen molar-refractivity contribution < 1.29 is 0 Å². The van der Waals surface area contributed by atoms with Gasteiger partial charge in [-0.05, 0) is 17.7 Å². The number of aromatic nitrogens is 2. The lowest BCUT2D eigenvalue weighted by molar-refractivity contribution is 0.848. The summed E-state index contributed by atoms with van der Waals surface area (Å²) >= 11 is 6.04. The van der Waals surface area contributed by atoms with Crippen molar-refractivity contribution in [1.29, 1.82) is 0 Å². The topological polar surface area (TPSA) is 63.8 Å². The number of aromatic amines is 1. The maximum Gasteiger partial charge on any atom is 0.271 e. The second-order valence-corrected chi connectivity index (χ2v) is 3.53. The third kappa shape index (κ3) is 1.82. The van der Waals surface area contributed by atoms with Gasteiger partial charge in [-0.2, -0.15) is 0 Å². The Morgan fingerprint density at radius 2 is 2.20 bits per heavy atom. The van der Waals surface area contributed by atoms with Crippen molar-refractivity contribution in [1.82, 2.24) is 9.78 Å². The Morgan fingerprint density at radius 1 is 1.40 bits per heavy atom. The molecule has 2 rings (SSSR count). The normalized spacial score (nSPS) is 10.5. The fourth-order valence-electron chi connectivity index (χ4n) is 1.37. The van der Waals surface area contributed by atoms with Gasteiger partial charge in [0.1, 0.15) is 0 Å². The standard InChI is InChI=1S/C10H10ClN3O/c11-8-5-7(6-12)1-2-9(8)14-10(15)3-4-13-14/h1-5,13H,6,12H2. The zero-order valence-electron chi connectivity index (χ0n) is 7.90. The Hall–Kier alpha value is -1.52. The zero-order chi connectivity index (χ0) is 10.8. The van der Waals surface area contributed by atoms with Crippen LogP contribution in [0, 0.1) is 0 Å². The molecule has 78 valence electrons. The lowest BCUT2D eigenvalue weighted by atomic mass is 10.2. The summed E-state index contributed by atoms with van der Waals surface area (Å²) in [5.41, 5.74) is 6.90. The van der Waals surface area contributed by atoms with Crippen LogP contribution in [0.15, 0.2) is 35.3 Å². The largest absolute Gasteiger partial charge is 0.326 e. The summed E-state index contributed by atoms with van der Waals surface area (Å²) < 4.78 is 1.38. The van der Waals surface area contributed by atoms with Crippen molar-refractivity contribution in [2.24, 2.45) is 5.73 Å². The predicted octanol–water partition coefficient (Wildman–Crippen LogP) is 1.28. The van der Waals surface area contributed by atoms with Crippen molar-refractivity contribution >= 4 is 11.6 Å². The summed E-state index contributed by atoms with van der Waals surface area (Å²) in [5.74, 6) is 0. The van der Waals surface area contributed by atoms with E-state index < -0.39 is 0 Å². The molecule has 0 bridgehead atoms. The molecule has 0 aliphatic rings. The Kier molecular flexibility index (Phi) is 2.62. The van der Waals surface area contributed by atoms with Gasteiger partial charge in [0, 0.05) is 18.8 Å². The Morgan fingerprint density at radius 3 is 2.73 bits per heavy atom. The molecule has 0 aliphatic heterocycles. The van der Waals surface area contributed by atoms with E-state index >= 15 is 0 Å². The molecular weight excluding hydrogens is 214 g/mol. The van der Waals surface area contributed by atoms with E-state index in [0.717, 1.165) is 5.56 Å². The first kappa shape index (κ1) is 10.0. The molecule has 0 amide bonds. The number of halogens is 1. The van der Waals surface area contributed by atoms with Crippen LogP contribution in [0.1, 0.15) is 5.56 Å². The van der Waals surface area contributed by atoms with Crippen molar-refractivity contribution in [2.45, 2.75) is 6.54 Å². The van der Waals surface area contributed by atoms with E-state index in [-0.39, 0.29) is 5.56 Å². The van der Waals surface area contributed by atoms with Crippen LogP contribution in [0.2, 0.25) is 5.02 Å². The number of hydrogen-bond donors (Lipinski definition) is 2. The minimum absolute atomic E-state index is 0.141. The zero-order valence-corrected chi connectivity index (χ0v) is 8.66. The lowest BCUT2D eigenvalue weighted by Crippen LogP contribution is -2.14. The molecule has 0 spiro atoms. The average molecular weight is 224 g/mol. The van der Waals surface area contributed by atoms with Crippen LogP contribution < -0.4 is 11.3 Å². The fraction of sp³-hybridized carbons (Fsp3) is 0.100. The molecule has 2 aromatic rings. The molecule has 0 saturated carbocycles. The number of nitrogens with zero attached hydrogens (tertiary/aromatic N) is 1. The van der Waals surface area contributed by atoms with E-state index in [1.165, 1.54) is 10.7 Å². The van der Waals surface area contributed by atoms with E-state index in [0.29, 0.717) is 17.3 Å². The van der Waals surface area contributed by atoms with Crippen molar-refractivity contribution in [2.75, 3.05) is 0 Å². The second kappa shape index (κ2) is 3.92. The molecule has 0 saturated heterocycles. The summed E-state index contributed by atoms with van der Waals surface area (Å²) in [4.78, 5) is 11.4. The van der Waals surface area contributed by atoms with Gasteiger partial charge in [-0.1, -0.05) is 17.7 Å². The molecule has 0 atom stereocenters. The minimum atomic E-state index is -0.141. The third-order valence-corrected chi connectivity index (χ3v) is 2.44. The van der Waals surface area contributed by atoms with Crippen molar-refractivity contribution in [3.05, 3.63) is 51.4 Å². The van der Waals surface area contributed by atoms with Crippen LogP contribution in [0.3, 0.4) is 0 Å². The van der Waals surface area contributed by atoms with Gasteiger partial charge >= 0.3 is 0 Å². The summed E-state index contributed by atoms with van der Waals surface area (Å²) in [6, 6.07) is 6.80. The summed E-state index contributed by atoms with van der Waals surface area (Å²) in [7, 11) is 0. The molecule has 5 heteroatoms. The monoisotopic (exact) mass is 223 g/mol. The summed E-state index contributed by atoms with van der Waals surface area (Å²) in [5, 5.41) is 3.29. The molecule has 1 aromatic heterocycles. The highest BCUT2D eigenvalue weighted by molar-refractivity contribution is 6.32. The van der Waals surface area contributed by atoms with E-state index in [4.69, 9.17) is 17.3 Å². The molecule has 3 N–H and O–H groups in total. The van der Waals surface area contributed by atoms with Crippen LogP contribution >= 0.6 is 11.6 Å². The van der Waals surface area contributed by atoms with Gasteiger partial charge in [-0.15, -0.1) is 0 Å². The van der Waals surface area contributed by atoms with Gasteiger partial charge in [0.2, 0.25) is 0 Å². The highest BCUT2D eigenvalue weighted by Crippen LogP contribution is 2.19. The summed E-state index contributed by atoms with van der Waals surface area (Å²) in [6.07, 6.45) is 1.56. The van der Waals surface area contributed by atoms with Crippen molar-refractivity contribution in [3.8, 4) is 5.69 Å². The number of benzene rings is 1. The van der Waals surface area contributed by atoms with E-state index in [9.17, 15) is 4.79 Å². The first-order valence-electron chi connectivity index (χ1n) is 4.47. The predicted molar refractivity (Wildman–Crippen MR) is 59.3 cm³/mol. The van der Waals surface area contributed by atoms with E-state index in [2.05, 4.69) is 5.10 Å². The molecule has 1 aromatic carbocycles. The first-order valence-corrected chi connectivity index (χ1v) is 4.85. The van der Waals surface area contributed by atoms with Crippen LogP contribution in [0.4, 0.5) is 0 Å². The van der Waals surface area contributed by atoms with Gasteiger partial charge in [0.15, 0.2) is 0 Å². The Bertz CT molecular complexity index is 529. The average Bonchev–Trinajstić information content (AvgIpc) is 2.64. The molecule has 4 nitrogen and oxygen atoms in total. The fourth-order valence-corrected chi connectivity index (χ4v) is 1.66. The van der Waals surface area contributed by atoms with Crippen LogP contribution in [0.5, 0.6) is 0 Å². The van der Waals surface area contributed by atoms with Crippen molar-refractivity contribution in [3.63, 3.8) is 0 Å². The van der Waals surface area contributed by atoms with Gasteiger partial charge in [0.05, 0.1) is 10.7 Å². The molecule has 1 heterocycles. The number of H-pyrrole nitrogens is 1. The summed E-state index contributed by atoms with van der Waals surface area (Å²) in [6.45, 7) is 0.430. The Balaban J connectivity index is 2.55. The smallest absolute Gasteiger partial charge is 0.271 e. The van der Waals surface area contributed by atoms with Gasteiger partial charge in [-0.25, -0.2) is 4.68 Å². The maximum absolute atomic E-state index is 11.4. The number of nitrogens with two attached hydrogens (primary N) is 1. The molecule has 0 radical (unpaired) electrons. The van der Waals surface area contributed by atoms with E-state index in [1.54, 1.807) is 18.3 Å². The van der Waals surface area contributed by atoms with Crippen LogP contribution in [-0.4, -0.2) is 9.78 Å². The highest BCUT2D eigenvalue weighted by atomic mass is 35.5. The first-order chi connectivity index (χ1) is 7.22. The number of rotatable bonds is 2. The maximum atomic E-state index is 11.4. The molecule has 0 aliphatic carbocycles. The Labute approximate surface area is 91.3 Å². The SMILES string of the molecule is NCc1ccc(-n2[nH]ccc2=O)c(Cl)c1. The minimum Gasteiger partial charge on any atom is -0.326 e. The van der Waals surface area contributed by atoms with E-state index in [1.807, 2.05) is 6.07 Å². The lowest BCUT2D eigenvalue weighted by Gasteiger charge is -2.05. The van der Waals surface area contributed by atoms with Gasteiger partial charge < -0.3 is 5.73 Å². The second-order valence-electron chi connectivity index (χ2n) is 3.13. The quantitative estimate of drug-likeness (QED) is 0.806. The molecule has 0 unspecified atom stereocenters.